The lowest BCUT2D eigenvalue weighted by atomic mass is 10.2. The fourth-order valence-electron chi connectivity index (χ4n) is 2.47. The molecule has 1 aromatic rings. The van der Waals surface area contributed by atoms with Crippen molar-refractivity contribution in [1.82, 2.24) is 10.2 Å². The first-order valence-electron chi connectivity index (χ1n) is 8.44. The number of hydrogen-bond donors (Lipinski definition) is 1. The van der Waals surface area contributed by atoms with Crippen molar-refractivity contribution < 1.29 is 18.7 Å². The lowest BCUT2D eigenvalue weighted by Gasteiger charge is -2.24. The standard InChI is InChI=1S/C18H23FN4O3S/c1-18(2,3)26-17(24)23-9-8-12(10-23)25-15-13(19)6-5-7-14(15)22-16(27-4)21-11-20/h5-7,12H,8-10H2,1-4H3,(H,21,22). The zero-order valence-corrected chi connectivity index (χ0v) is 16.6. The maximum Gasteiger partial charge on any atom is 0.410 e. The van der Waals surface area contributed by atoms with E-state index < -0.39 is 17.5 Å². The molecule has 1 fully saturated rings. The Labute approximate surface area is 162 Å². The summed E-state index contributed by atoms with van der Waals surface area (Å²) in [4.78, 5) is 18.0. The molecule has 0 bridgehead atoms. The van der Waals surface area contributed by atoms with Crippen molar-refractivity contribution in [2.24, 2.45) is 4.99 Å². The normalized spacial score (nSPS) is 17.4. The molecule has 1 aliphatic rings. The molecule has 1 atom stereocenters. The minimum atomic E-state index is -0.578. The number of amides is 1. The summed E-state index contributed by atoms with van der Waals surface area (Å²) in [5.41, 5.74) is -0.302. The van der Waals surface area contributed by atoms with Gasteiger partial charge in [-0.2, -0.15) is 5.26 Å². The van der Waals surface area contributed by atoms with Gasteiger partial charge in [-0.1, -0.05) is 17.8 Å². The Bertz CT molecular complexity index is 758. The number of halogens is 1. The third-order valence-corrected chi connectivity index (χ3v) is 4.19. The van der Waals surface area contributed by atoms with E-state index in [-0.39, 0.29) is 17.5 Å². The van der Waals surface area contributed by atoms with Crippen molar-refractivity contribution in [1.29, 1.82) is 5.26 Å². The summed E-state index contributed by atoms with van der Waals surface area (Å²) in [6.07, 6.45) is 3.31. The average Bonchev–Trinajstić information content (AvgIpc) is 3.05. The quantitative estimate of drug-likeness (QED) is 0.365. The van der Waals surface area contributed by atoms with E-state index in [1.54, 1.807) is 44.2 Å². The van der Waals surface area contributed by atoms with Crippen LogP contribution < -0.4 is 10.1 Å². The zero-order chi connectivity index (χ0) is 20.0. The van der Waals surface area contributed by atoms with E-state index in [0.717, 1.165) is 0 Å². The SMILES string of the molecule is CSC(=Nc1cccc(F)c1OC1CCN(C(=O)OC(C)(C)C)C1)NC#N. The van der Waals surface area contributed by atoms with Crippen LogP contribution in [0.2, 0.25) is 0 Å². The second-order valence-corrected chi connectivity index (χ2v) is 7.70. The molecule has 0 radical (unpaired) electrons. The maximum atomic E-state index is 14.3. The van der Waals surface area contributed by atoms with Crippen LogP contribution in [-0.2, 0) is 4.74 Å². The number of nitrogens with one attached hydrogen (secondary N) is 1. The molecule has 1 unspecified atom stereocenters. The molecule has 1 heterocycles. The number of aliphatic imine (C=N–C) groups is 1. The van der Waals surface area contributed by atoms with Gasteiger partial charge >= 0.3 is 6.09 Å². The Morgan fingerprint density at radius 2 is 2.22 bits per heavy atom. The highest BCUT2D eigenvalue weighted by Gasteiger charge is 2.31. The summed E-state index contributed by atoms with van der Waals surface area (Å²) in [6, 6.07) is 4.41. The first kappa shape index (κ1) is 20.8. The fourth-order valence-corrected chi connectivity index (χ4v) is 2.80. The van der Waals surface area contributed by atoms with Gasteiger partial charge in [-0.15, -0.1) is 0 Å². The smallest absolute Gasteiger partial charge is 0.410 e. The Hall–Kier alpha value is -2.47. The van der Waals surface area contributed by atoms with Crippen LogP contribution in [0.15, 0.2) is 23.2 Å². The summed E-state index contributed by atoms with van der Waals surface area (Å²) in [7, 11) is 0. The van der Waals surface area contributed by atoms with Crippen molar-refractivity contribution in [3.05, 3.63) is 24.0 Å². The van der Waals surface area contributed by atoms with Gasteiger partial charge in [0, 0.05) is 13.0 Å². The van der Waals surface area contributed by atoms with Crippen molar-refractivity contribution in [2.45, 2.75) is 38.9 Å². The first-order chi connectivity index (χ1) is 12.7. The van der Waals surface area contributed by atoms with Crippen molar-refractivity contribution in [3.63, 3.8) is 0 Å². The zero-order valence-electron chi connectivity index (χ0n) is 15.8. The predicted molar refractivity (Wildman–Crippen MR) is 103 cm³/mol. The number of nitrogens with zero attached hydrogens (tertiary/aromatic N) is 3. The van der Waals surface area contributed by atoms with Crippen LogP contribution in [0.1, 0.15) is 27.2 Å². The summed E-state index contributed by atoms with van der Waals surface area (Å²) >= 11 is 1.23. The molecular weight excluding hydrogens is 371 g/mol. The Kier molecular flexibility index (Phi) is 6.91. The molecule has 2 rings (SSSR count). The molecule has 0 aromatic heterocycles. The Balaban J connectivity index is 2.12. The number of carbonyl (C=O) groups excluding carboxylic acids is 1. The van der Waals surface area contributed by atoms with E-state index in [0.29, 0.717) is 24.7 Å². The second kappa shape index (κ2) is 8.95. The molecule has 1 saturated heterocycles. The molecule has 0 spiro atoms. The summed E-state index contributed by atoms with van der Waals surface area (Å²) in [5.74, 6) is -0.552. The largest absolute Gasteiger partial charge is 0.483 e. The highest BCUT2D eigenvalue weighted by atomic mass is 32.2. The van der Waals surface area contributed by atoms with Gasteiger partial charge in [-0.05, 0) is 39.2 Å². The topological polar surface area (TPSA) is 86.9 Å². The number of likely N-dealkylation sites (tertiary alicyclic amines) is 1. The van der Waals surface area contributed by atoms with Crippen LogP contribution in [0.25, 0.3) is 0 Å². The molecule has 9 heteroatoms. The monoisotopic (exact) mass is 394 g/mol. The van der Waals surface area contributed by atoms with E-state index >= 15 is 0 Å². The molecule has 0 aliphatic carbocycles. The molecule has 146 valence electrons. The minimum Gasteiger partial charge on any atom is -0.483 e. The van der Waals surface area contributed by atoms with Crippen LogP contribution in [-0.4, -0.2) is 47.2 Å². The highest BCUT2D eigenvalue weighted by molar-refractivity contribution is 8.13. The van der Waals surface area contributed by atoms with Gasteiger partial charge in [0.1, 0.15) is 17.4 Å². The summed E-state index contributed by atoms with van der Waals surface area (Å²) in [5, 5.41) is 11.5. The third-order valence-electron chi connectivity index (χ3n) is 3.61. The molecule has 1 amide bonds. The predicted octanol–water partition coefficient (Wildman–Crippen LogP) is 3.64. The molecule has 1 N–H and O–H groups in total. The van der Waals surface area contributed by atoms with Crippen LogP contribution >= 0.6 is 11.8 Å². The van der Waals surface area contributed by atoms with E-state index in [1.807, 2.05) is 0 Å². The minimum absolute atomic E-state index is 0.000159. The van der Waals surface area contributed by atoms with Gasteiger partial charge in [0.2, 0.25) is 0 Å². The number of nitriles is 1. The maximum absolute atomic E-state index is 14.3. The second-order valence-electron chi connectivity index (χ2n) is 6.90. The number of carbonyl (C=O) groups is 1. The van der Waals surface area contributed by atoms with Gasteiger partial charge in [0.25, 0.3) is 0 Å². The van der Waals surface area contributed by atoms with Crippen LogP contribution in [0.4, 0.5) is 14.9 Å². The number of amidine groups is 1. The van der Waals surface area contributed by atoms with E-state index in [2.05, 4.69) is 10.3 Å². The molecule has 1 aliphatic heterocycles. The molecule has 1 aromatic carbocycles. The van der Waals surface area contributed by atoms with Crippen molar-refractivity contribution in [3.8, 4) is 11.9 Å². The molecule has 0 saturated carbocycles. The highest BCUT2D eigenvalue weighted by Crippen LogP contribution is 2.33. The molecular formula is C18H23FN4O3S. The van der Waals surface area contributed by atoms with Gasteiger partial charge in [-0.3, -0.25) is 5.32 Å². The first-order valence-corrected chi connectivity index (χ1v) is 9.67. The van der Waals surface area contributed by atoms with Gasteiger partial charge in [0.15, 0.2) is 22.9 Å². The van der Waals surface area contributed by atoms with E-state index in [1.165, 1.54) is 23.9 Å². The number of benzene rings is 1. The van der Waals surface area contributed by atoms with Crippen LogP contribution in [0.3, 0.4) is 0 Å². The number of para-hydroxylation sites is 1. The number of hydrogen-bond acceptors (Lipinski definition) is 6. The lowest BCUT2D eigenvalue weighted by Crippen LogP contribution is -2.36. The average molecular weight is 394 g/mol. The van der Waals surface area contributed by atoms with E-state index in [9.17, 15) is 9.18 Å². The Morgan fingerprint density at radius 1 is 1.48 bits per heavy atom. The van der Waals surface area contributed by atoms with Crippen LogP contribution in [0, 0.1) is 17.3 Å². The lowest BCUT2D eigenvalue weighted by molar-refractivity contribution is 0.0275. The molecule has 7 nitrogen and oxygen atoms in total. The third kappa shape index (κ3) is 6.03. The van der Waals surface area contributed by atoms with Gasteiger partial charge < -0.3 is 14.4 Å². The van der Waals surface area contributed by atoms with Crippen molar-refractivity contribution in [2.75, 3.05) is 19.3 Å². The summed E-state index contributed by atoms with van der Waals surface area (Å²) in [6.45, 7) is 6.18. The fraction of sp³-hybridized carbons (Fsp3) is 0.500. The number of rotatable bonds is 3. The van der Waals surface area contributed by atoms with Gasteiger partial charge in [-0.25, -0.2) is 14.2 Å². The number of thioether (sulfide) groups is 1. The Morgan fingerprint density at radius 3 is 2.85 bits per heavy atom. The van der Waals surface area contributed by atoms with Crippen molar-refractivity contribution >= 4 is 28.7 Å². The summed E-state index contributed by atoms with van der Waals surface area (Å²) < 4.78 is 25.5. The van der Waals surface area contributed by atoms with E-state index in [4.69, 9.17) is 14.7 Å². The van der Waals surface area contributed by atoms with Gasteiger partial charge in [0.05, 0.1) is 6.54 Å². The molecule has 27 heavy (non-hydrogen) atoms. The number of ether oxygens (including phenoxy) is 2. The van der Waals surface area contributed by atoms with Crippen LogP contribution in [0.5, 0.6) is 5.75 Å².